The van der Waals surface area contributed by atoms with Crippen LogP contribution in [0.25, 0.3) is 0 Å². The van der Waals surface area contributed by atoms with E-state index in [1.54, 1.807) is 6.92 Å². The summed E-state index contributed by atoms with van der Waals surface area (Å²) in [5, 5.41) is 0. The average Bonchev–Trinajstić information content (AvgIpc) is 2.13. The molecule has 0 aliphatic rings. The van der Waals surface area contributed by atoms with Gasteiger partial charge in [-0.25, -0.2) is 4.98 Å². The van der Waals surface area contributed by atoms with Crippen LogP contribution < -0.4 is 9.47 Å². The minimum atomic E-state index is -4.74. The Labute approximate surface area is 97.6 Å². The van der Waals surface area contributed by atoms with Gasteiger partial charge in [-0.05, 0) is 24.5 Å². The molecule has 6 heteroatoms. The van der Waals surface area contributed by atoms with E-state index in [9.17, 15) is 13.2 Å². The summed E-state index contributed by atoms with van der Waals surface area (Å²) in [5.74, 6) is -0.350. The summed E-state index contributed by atoms with van der Waals surface area (Å²) in [6, 6.07) is 1.25. The molecule has 1 aromatic heterocycles. The molecule has 0 N–H and O–H groups in total. The van der Waals surface area contributed by atoms with Gasteiger partial charge in [0.1, 0.15) is 0 Å². The maximum absolute atomic E-state index is 12.1. The van der Waals surface area contributed by atoms with Gasteiger partial charge >= 0.3 is 6.36 Å². The highest BCUT2D eigenvalue weighted by atomic mass is 19.4. The van der Waals surface area contributed by atoms with Crippen LogP contribution in [-0.2, 0) is 0 Å². The van der Waals surface area contributed by atoms with E-state index >= 15 is 0 Å². The molecule has 1 aromatic rings. The molecule has 0 aromatic carbocycles. The zero-order valence-corrected chi connectivity index (χ0v) is 9.84. The number of aryl methyl sites for hydroxylation is 1. The molecule has 0 bridgehead atoms. The molecule has 1 heterocycles. The van der Waals surface area contributed by atoms with Crippen molar-refractivity contribution in [3.8, 4) is 11.6 Å². The maximum atomic E-state index is 12.1. The van der Waals surface area contributed by atoms with Crippen LogP contribution in [0.5, 0.6) is 11.6 Å². The van der Waals surface area contributed by atoms with Crippen molar-refractivity contribution in [2.75, 3.05) is 6.61 Å². The van der Waals surface area contributed by atoms with Crippen LogP contribution >= 0.6 is 0 Å². The van der Waals surface area contributed by atoms with E-state index in [2.05, 4.69) is 9.72 Å². The number of aromatic nitrogens is 1. The lowest BCUT2D eigenvalue weighted by molar-refractivity contribution is -0.275. The predicted molar refractivity (Wildman–Crippen MR) is 56.0 cm³/mol. The molecule has 0 spiro atoms. The number of hydrogen-bond donors (Lipinski definition) is 0. The van der Waals surface area contributed by atoms with Gasteiger partial charge in [0.25, 0.3) is 5.88 Å². The summed E-state index contributed by atoms with van der Waals surface area (Å²) >= 11 is 0. The van der Waals surface area contributed by atoms with E-state index in [0.717, 1.165) is 0 Å². The molecule has 17 heavy (non-hydrogen) atoms. The van der Waals surface area contributed by atoms with Gasteiger partial charge in [0.15, 0.2) is 5.75 Å². The highest BCUT2D eigenvalue weighted by Gasteiger charge is 2.33. The lowest BCUT2D eigenvalue weighted by atomic mass is 10.2. The van der Waals surface area contributed by atoms with Gasteiger partial charge in [-0.2, -0.15) is 0 Å². The third kappa shape index (κ3) is 4.93. The minimum Gasteiger partial charge on any atom is -0.475 e. The summed E-state index contributed by atoms with van der Waals surface area (Å²) in [5.41, 5.74) is 0.571. The molecule has 0 amide bonds. The van der Waals surface area contributed by atoms with Crippen LogP contribution in [0.4, 0.5) is 13.2 Å². The molecule has 1 rings (SSSR count). The summed E-state index contributed by atoms with van der Waals surface area (Å²) in [4.78, 5) is 3.79. The topological polar surface area (TPSA) is 31.4 Å². The Kier molecular flexibility index (Phi) is 4.20. The number of ether oxygens (including phenoxy) is 2. The molecule has 0 aliphatic carbocycles. The second-order valence-corrected chi connectivity index (χ2v) is 4.07. The summed E-state index contributed by atoms with van der Waals surface area (Å²) in [6.07, 6.45) is -3.32. The second kappa shape index (κ2) is 5.25. The van der Waals surface area contributed by atoms with Crippen molar-refractivity contribution in [1.29, 1.82) is 0 Å². The standard InChI is InChI=1S/C11H14F3NO2/c1-7(2)6-16-10-9(17-11(12,13)14)4-8(3)5-15-10/h4-5,7H,6H2,1-3H3. The van der Waals surface area contributed by atoms with Crippen molar-refractivity contribution in [2.24, 2.45) is 5.92 Å². The highest BCUT2D eigenvalue weighted by Crippen LogP contribution is 2.31. The van der Waals surface area contributed by atoms with Crippen LogP contribution in [0.1, 0.15) is 19.4 Å². The Hall–Kier alpha value is -1.46. The van der Waals surface area contributed by atoms with Crippen molar-refractivity contribution < 1.29 is 22.6 Å². The van der Waals surface area contributed by atoms with Crippen molar-refractivity contribution in [1.82, 2.24) is 4.98 Å². The first-order valence-corrected chi connectivity index (χ1v) is 5.13. The first-order valence-electron chi connectivity index (χ1n) is 5.13. The lowest BCUT2D eigenvalue weighted by Crippen LogP contribution is -2.18. The van der Waals surface area contributed by atoms with E-state index < -0.39 is 12.1 Å². The van der Waals surface area contributed by atoms with E-state index in [4.69, 9.17) is 4.74 Å². The molecule has 0 saturated heterocycles. The first kappa shape index (κ1) is 13.6. The molecule has 0 fully saturated rings. The molecule has 0 unspecified atom stereocenters. The second-order valence-electron chi connectivity index (χ2n) is 4.07. The van der Waals surface area contributed by atoms with E-state index in [1.165, 1.54) is 12.3 Å². The number of pyridine rings is 1. The Morgan fingerprint density at radius 1 is 1.35 bits per heavy atom. The Balaban J connectivity index is 2.88. The largest absolute Gasteiger partial charge is 0.573 e. The van der Waals surface area contributed by atoms with Crippen LogP contribution in [0.2, 0.25) is 0 Å². The molecule has 0 saturated carbocycles. The smallest absolute Gasteiger partial charge is 0.475 e. The van der Waals surface area contributed by atoms with E-state index in [0.29, 0.717) is 5.56 Å². The summed E-state index contributed by atoms with van der Waals surface area (Å²) < 4.78 is 45.5. The summed E-state index contributed by atoms with van der Waals surface area (Å²) in [7, 11) is 0. The fourth-order valence-corrected chi connectivity index (χ4v) is 1.08. The van der Waals surface area contributed by atoms with Crippen molar-refractivity contribution in [2.45, 2.75) is 27.1 Å². The van der Waals surface area contributed by atoms with Gasteiger partial charge in [0, 0.05) is 6.20 Å². The molecule has 96 valence electrons. The fraction of sp³-hybridized carbons (Fsp3) is 0.545. The van der Waals surface area contributed by atoms with Gasteiger partial charge in [-0.1, -0.05) is 13.8 Å². The van der Waals surface area contributed by atoms with Gasteiger partial charge < -0.3 is 9.47 Å². The Morgan fingerprint density at radius 2 is 2.00 bits per heavy atom. The highest BCUT2D eigenvalue weighted by molar-refractivity contribution is 5.36. The number of alkyl halides is 3. The number of rotatable bonds is 4. The molecular formula is C11H14F3NO2. The quantitative estimate of drug-likeness (QED) is 0.820. The average molecular weight is 249 g/mol. The molecular weight excluding hydrogens is 235 g/mol. The van der Waals surface area contributed by atoms with Crippen LogP contribution in [0.15, 0.2) is 12.3 Å². The van der Waals surface area contributed by atoms with Crippen LogP contribution in [-0.4, -0.2) is 18.0 Å². The van der Waals surface area contributed by atoms with Gasteiger partial charge in [0.2, 0.25) is 0 Å². The van der Waals surface area contributed by atoms with Gasteiger partial charge in [-0.3, -0.25) is 0 Å². The predicted octanol–water partition coefficient (Wildman–Crippen LogP) is 3.32. The molecule has 0 atom stereocenters. The van der Waals surface area contributed by atoms with Crippen molar-refractivity contribution >= 4 is 0 Å². The third-order valence-electron chi connectivity index (χ3n) is 1.73. The number of hydrogen-bond acceptors (Lipinski definition) is 3. The van der Waals surface area contributed by atoms with Crippen LogP contribution in [0, 0.1) is 12.8 Å². The minimum absolute atomic E-state index is 0.137. The molecule has 0 aliphatic heterocycles. The van der Waals surface area contributed by atoms with Crippen LogP contribution in [0.3, 0.4) is 0 Å². The molecule has 0 radical (unpaired) electrons. The van der Waals surface area contributed by atoms with E-state index in [1.807, 2.05) is 13.8 Å². The van der Waals surface area contributed by atoms with Gasteiger partial charge in [0.05, 0.1) is 6.61 Å². The Bertz CT molecular complexity index is 377. The number of halogens is 3. The Morgan fingerprint density at radius 3 is 2.53 bits per heavy atom. The summed E-state index contributed by atoms with van der Waals surface area (Å²) in [6.45, 7) is 5.68. The van der Waals surface area contributed by atoms with Crippen molar-refractivity contribution in [3.05, 3.63) is 17.8 Å². The SMILES string of the molecule is Cc1cnc(OCC(C)C)c(OC(F)(F)F)c1. The third-order valence-corrected chi connectivity index (χ3v) is 1.73. The lowest BCUT2D eigenvalue weighted by Gasteiger charge is -2.14. The number of nitrogens with zero attached hydrogens (tertiary/aromatic N) is 1. The zero-order chi connectivity index (χ0) is 13.1. The zero-order valence-electron chi connectivity index (χ0n) is 9.84. The maximum Gasteiger partial charge on any atom is 0.573 e. The molecule has 3 nitrogen and oxygen atoms in total. The van der Waals surface area contributed by atoms with Crippen molar-refractivity contribution in [3.63, 3.8) is 0 Å². The monoisotopic (exact) mass is 249 g/mol. The normalized spacial score (nSPS) is 11.7. The first-order chi connectivity index (χ1) is 7.78. The van der Waals surface area contributed by atoms with E-state index in [-0.39, 0.29) is 18.4 Å². The fourth-order valence-electron chi connectivity index (χ4n) is 1.08. The van der Waals surface area contributed by atoms with Gasteiger partial charge in [-0.15, -0.1) is 13.2 Å².